The molecule has 88 valence electrons. The Hall–Kier alpha value is 0.0413. The summed E-state index contributed by atoms with van der Waals surface area (Å²) in [5.41, 5.74) is -2.58. The van der Waals surface area contributed by atoms with E-state index in [0.29, 0.717) is 0 Å². The maximum absolute atomic E-state index is 13.0. The van der Waals surface area contributed by atoms with E-state index in [1.54, 1.807) is 0 Å². The average Bonchev–Trinajstić information content (AvgIpc) is 2.14. The van der Waals surface area contributed by atoms with E-state index in [9.17, 15) is 26.5 Å². The molecule has 1 aromatic rings. The molecule has 0 aromatic heterocycles. The molecule has 0 bridgehead atoms. The maximum atomic E-state index is 13.0. The maximum Gasteiger partial charge on any atom is 1.00 e. The Morgan fingerprint density at radius 3 is 1.88 bits per heavy atom. The van der Waals surface area contributed by atoms with Crippen LogP contribution in [0.4, 0.5) is 21.7 Å². The first kappa shape index (κ1) is 17.0. The van der Waals surface area contributed by atoms with Gasteiger partial charge < -0.3 is 17.7 Å². The van der Waals surface area contributed by atoms with Crippen molar-refractivity contribution in [1.29, 1.82) is 0 Å². The van der Waals surface area contributed by atoms with E-state index in [1.165, 1.54) is 0 Å². The van der Waals surface area contributed by atoms with Crippen LogP contribution in [0.2, 0.25) is 0 Å². The molecule has 0 fully saturated rings. The summed E-state index contributed by atoms with van der Waals surface area (Å²) < 4.78 is 66.7. The Kier molecular flexibility index (Phi) is 6.29. The van der Waals surface area contributed by atoms with Crippen molar-refractivity contribution in [1.82, 2.24) is 0 Å². The van der Waals surface area contributed by atoms with E-state index in [-0.39, 0.29) is 63.5 Å². The van der Waals surface area contributed by atoms with Gasteiger partial charge in [0.2, 0.25) is 0 Å². The molecule has 9 heteroatoms. The summed E-state index contributed by atoms with van der Waals surface area (Å²) in [5.74, 6) is -4.56. The zero-order valence-corrected chi connectivity index (χ0v) is 12.1. The fraction of sp³-hybridized carbons (Fsp3) is 0.125. The Bertz CT molecular complexity index is 411. The number of carbonyl (C=O) groups is 1. The Morgan fingerprint density at radius 2 is 1.59 bits per heavy atom. The zero-order chi connectivity index (χ0) is 12.5. The SMILES string of the molecule is COC(=O)c1c(F)cc([B-](F)(F)F)cc1F.[K+]. The molecular weight excluding hydrogens is 273 g/mol. The number of methoxy groups -OCH3 is 1. The van der Waals surface area contributed by atoms with E-state index >= 15 is 0 Å². The summed E-state index contributed by atoms with van der Waals surface area (Å²) in [6.07, 6.45) is 0. The molecule has 0 unspecified atom stereocenters. The van der Waals surface area contributed by atoms with Crippen molar-refractivity contribution in [3.63, 3.8) is 0 Å². The fourth-order valence-electron chi connectivity index (χ4n) is 1.08. The van der Waals surface area contributed by atoms with Crippen LogP contribution < -0.4 is 56.8 Å². The van der Waals surface area contributed by atoms with Crippen LogP contribution >= 0.6 is 0 Å². The average molecular weight is 278 g/mol. The molecule has 0 saturated carbocycles. The van der Waals surface area contributed by atoms with Crippen molar-refractivity contribution in [2.45, 2.75) is 0 Å². The van der Waals surface area contributed by atoms with Crippen LogP contribution in [-0.4, -0.2) is 20.1 Å². The molecule has 1 aromatic carbocycles. The van der Waals surface area contributed by atoms with E-state index < -0.39 is 35.6 Å². The monoisotopic (exact) mass is 278 g/mol. The smallest absolute Gasteiger partial charge is 0.465 e. The van der Waals surface area contributed by atoms with Crippen LogP contribution in [0.1, 0.15) is 10.4 Å². The fourth-order valence-corrected chi connectivity index (χ4v) is 1.08. The topological polar surface area (TPSA) is 26.3 Å². The number of benzene rings is 1. The minimum atomic E-state index is -5.52. The van der Waals surface area contributed by atoms with Crippen LogP contribution in [0, 0.1) is 11.6 Å². The van der Waals surface area contributed by atoms with Crippen molar-refractivity contribution < 1.29 is 82.6 Å². The van der Waals surface area contributed by atoms with Gasteiger partial charge in [0.15, 0.2) is 0 Å². The quantitative estimate of drug-likeness (QED) is 0.386. The molecule has 0 aliphatic carbocycles. The van der Waals surface area contributed by atoms with Crippen molar-refractivity contribution in [2.75, 3.05) is 7.11 Å². The van der Waals surface area contributed by atoms with Crippen molar-refractivity contribution in [3.05, 3.63) is 29.3 Å². The molecular formula is C8H5BF5KO2. The van der Waals surface area contributed by atoms with Gasteiger partial charge in [-0.05, 0) is 0 Å². The second-order valence-corrected chi connectivity index (χ2v) is 2.93. The van der Waals surface area contributed by atoms with Gasteiger partial charge >= 0.3 is 64.3 Å². The Morgan fingerprint density at radius 1 is 1.18 bits per heavy atom. The first-order chi connectivity index (χ1) is 7.27. The molecule has 0 spiro atoms. The predicted molar refractivity (Wildman–Crippen MR) is 46.4 cm³/mol. The van der Waals surface area contributed by atoms with Crippen LogP contribution in [0.15, 0.2) is 12.1 Å². The van der Waals surface area contributed by atoms with Gasteiger partial charge in [0.25, 0.3) is 0 Å². The molecule has 0 atom stereocenters. The Balaban J connectivity index is 0.00000256. The molecule has 1 rings (SSSR count). The van der Waals surface area contributed by atoms with Gasteiger partial charge in [-0.2, -0.15) is 0 Å². The predicted octanol–water partition coefficient (Wildman–Crippen LogP) is -1.19. The van der Waals surface area contributed by atoms with Crippen LogP contribution in [0.25, 0.3) is 0 Å². The third kappa shape index (κ3) is 4.02. The van der Waals surface area contributed by atoms with E-state index in [2.05, 4.69) is 4.74 Å². The van der Waals surface area contributed by atoms with E-state index in [1.807, 2.05) is 0 Å². The summed E-state index contributed by atoms with van der Waals surface area (Å²) >= 11 is 0. The molecule has 2 nitrogen and oxygen atoms in total. The van der Waals surface area contributed by atoms with Gasteiger partial charge in [-0.25, -0.2) is 13.6 Å². The standard InChI is InChI=1S/C8H5BF5O2.K/c1-16-8(15)7-5(10)2-4(3-6(7)11)9(12,13)14;/h2-3H,1H3;/q-1;+1. The summed E-state index contributed by atoms with van der Waals surface area (Å²) in [7, 11) is 0.864. The molecule has 0 radical (unpaired) electrons. The Labute approximate surface area is 136 Å². The largest absolute Gasteiger partial charge is 1.00 e. The van der Waals surface area contributed by atoms with Gasteiger partial charge in [0, 0.05) is 0 Å². The van der Waals surface area contributed by atoms with Crippen LogP contribution in [-0.2, 0) is 4.74 Å². The van der Waals surface area contributed by atoms with E-state index in [0.717, 1.165) is 7.11 Å². The first-order valence-electron chi connectivity index (χ1n) is 4.04. The second kappa shape index (κ2) is 6.28. The minimum Gasteiger partial charge on any atom is -0.465 e. The molecule has 0 aliphatic heterocycles. The molecule has 0 amide bonds. The number of ether oxygens (including phenoxy) is 1. The number of hydrogen-bond acceptors (Lipinski definition) is 2. The number of rotatable bonds is 2. The van der Waals surface area contributed by atoms with Crippen molar-refractivity contribution in [3.8, 4) is 0 Å². The normalized spacial score (nSPS) is 10.7. The molecule has 0 heterocycles. The third-order valence-corrected chi connectivity index (χ3v) is 1.83. The zero-order valence-electron chi connectivity index (χ0n) is 8.94. The first-order valence-corrected chi connectivity index (χ1v) is 4.04. The molecule has 0 N–H and O–H groups in total. The van der Waals surface area contributed by atoms with E-state index in [4.69, 9.17) is 0 Å². The van der Waals surface area contributed by atoms with Crippen LogP contribution in [0.3, 0.4) is 0 Å². The number of esters is 1. The van der Waals surface area contributed by atoms with Gasteiger partial charge in [0.1, 0.15) is 17.2 Å². The van der Waals surface area contributed by atoms with Gasteiger partial charge in [-0.1, -0.05) is 12.1 Å². The summed E-state index contributed by atoms with van der Waals surface area (Å²) in [4.78, 5) is 10.8. The molecule has 0 saturated heterocycles. The van der Waals surface area contributed by atoms with Gasteiger partial charge in [-0.3, -0.25) is 0 Å². The molecule has 0 aliphatic rings. The summed E-state index contributed by atoms with van der Waals surface area (Å²) in [6.45, 7) is -5.52. The van der Waals surface area contributed by atoms with Gasteiger partial charge in [-0.15, -0.1) is 5.46 Å². The van der Waals surface area contributed by atoms with Crippen LogP contribution in [0.5, 0.6) is 0 Å². The van der Waals surface area contributed by atoms with Gasteiger partial charge in [0.05, 0.1) is 7.11 Å². The minimum absolute atomic E-state index is 0. The second-order valence-electron chi connectivity index (χ2n) is 2.93. The van der Waals surface area contributed by atoms with Crippen molar-refractivity contribution in [2.24, 2.45) is 0 Å². The number of halogens is 5. The number of hydrogen-bond donors (Lipinski definition) is 0. The summed E-state index contributed by atoms with van der Waals surface area (Å²) in [5, 5.41) is 0. The third-order valence-electron chi connectivity index (χ3n) is 1.83. The summed E-state index contributed by atoms with van der Waals surface area (Å²) in [6, 6.07) is 0.130. The number of carbonyl (C=O) groups excluding carboxylic acids is 1. The van der Waals surface area contributed by atoms with Crippen molar-refractivity contribution >= 4 is 18.4 Å². The molecule has 17 heavy (non-hydrogen) atoms.